The predicted molar refractivity (Wildman–Crippen MR) is 253 cm³/mol. The number of urea groups is 1. The number of anilines is 1. The van der Waals surface area contributed by atoms with Gasteiger partial charge in [0.1, 0.15) is 36.0 Å². The topological polar surface area (TPSA) is 204 Å². The van der Waals surface area contributed by atoms with Gasteiger partial charge in [-0.25, -0.2) is 14.5 Å². The third kappa shape index (κ3) is 9.07. The lowest BCUT2D eigenvalue weighted by Crippen LogP contribution is -2.58. The second-order valence-electron chi connectivity index (χ2n) is 17.4. The first kappa shape index (κ1) is 48.1. The summed E-state index contributed by atoms with van der Waals surface area (Å²) in [7, 11) is 1.19. The molecule has 3 aliphatic heterocycles. The molecule has 15 heteroatoms. The molecule has 356 valence electrons. The van der Waals surface area contributed by atoms with Crippen LogP contribution in [0.5, 0.6) is 5.75 Å². The van der Waals surface area contributed by atoms with Gasteiger partial charge in [-0.1, -0.05) is 129 Å². The monoisotopic (exact) mass is 934 g/mol. The van der Waals surface area contributed by atoms with Crippen molar-refractivity contribution in [2.45, 2.75) is 62.1 Å². The van der Waals surface area contributed by atoms with Crippen LogP contribution in [-0.4, -0.2) is 95.6 Å². The van der Waals surface area contributed by atoms with Gasteiger partial charge in [-0.05, 0) is 64.1 Å². The van der Waals surface area contributed by atoms with E-state index in [1.165, 1.54) is 13.2 Å². The number of aliphatic hydroxyl groups is 3. The number of nitrogens with zero attached hydrogens (tertiary/aromatic N) is 2. The van der Waals surface area contributed by atoms with E-state index < -0.39 is 83.4 Å². The van der Waals surface area contributed by atoms with Crippen LogP contribution in [0.15, 0.2) is 133 Å². The maximum absolute atomic E-state index is 16.6. The van der Waals surface area contributed by atoms with E-state index in [0.717, 1.165) is 4.90 Å². The molecule has 0 aromatic heterocycles. The number of ether oxygens (including phenoxy) is 3. The number of hydrogen-bond acceptors (Lipinski definition) is 12. The zero-order valence-corrected chi connectivity index (χ0v) is 38.4. The van der Waals surface area contributed by atoms with Crippen LogP contribution in [0.25, 0.3) is 0 Å². The number of carbonyl (C=O) groups excluding carboxylic acids is 5. The number of cyclic esters (lactones) is 1. The maximum atomic E-state index is 16.6. The van der Waals surface area contributed by atoms with E-state index in [0.29, 0.717) is 33.6 Å². The molecule has 2 fully saturated rings. The van der Waals surface area contributed by atoms with Crippen LogP contribution in [0.3, 0.4) is 0 Å². The summed E-state index contributed by atoms with van der Waals surface area (Å²) < 4.78 is 17.6. The van der Waals surface area contributed by atoms with Crippen LogP contribution in [0.2, 0.25) is 0 Å². The fourth-order valence-electron chi connectivity index (χ4n) is 10.1. The SMILES string of the molecule is COC(=O)C(NC(=O)N1C(=O)C2(c3cc(C#CCCO)ccc31)C(C(=O)NCC(O)c1ccccc1)C1C(=O)OC(c3ccccc3)C(c3ccccc3)N1C2c1cccc(OCCO)c1)C(C)C. The third-order valence-corrected chi connectivity index (χ3v) is 13.0. The van der Waals surface area contributed by atoms with E-state index in [2.05, 4.69) is 22.5 Å². The number of imide groups is 1. The molecule has 5 N–H and O–H groups in total. The molecule has 8 rings (SSSR count). The van der Waals surface area contributed by atoms with E-state index in [9.17, 15) is 20.1 Å². The number of hydrogen-bond donors (Lipinski definition) is 5. The predicted octanol–water partition coefficient (Wildman–Crippen LogP) is 5.21. The lowest BCUT2D eigenvalue weighted by Gasteiger charge is -2.46. The summed E-state index contributed by atoms with van der Waals surface area (Å²) in [6, 6.07) is 32.8. The highest BCUT2D eigenvalue weighted by Crippen LogP contribution is 2.66. The van der Waals surface area contributed by atoms with E-state index >= 15 is 19.2 Å². The Bertz CT molecular complexity index is 2740. The molecule has 4 amide bonds. The van der Waals surface area contributed by atoms with Crippen LogP contribution >= 0.6 is 0 Å². The number of rotatable bonds is 14. The van der Waals surface area contributed by atoms with Gasteiger partial charge in [0.15, 0.2) is 0 Å². The van der Waals surface area contributed by atoms with E-state index in [1.807, 2.05) is 65.6 Å². The molecular weight excluding hydrogens is 881 g/mol. The summed E-state index contributed by atoms with van der Waals surface area (Å²) in [5.41, 5.74) is 0.626. The Morgan fingerprint density at radius 2 is 1.48 bits per heavy atom. The van der Waals surface area contributed by atoms with E-state index in [4.69, 9.17) is 14.2 Å². The molecule has 0 saturated carbocycles. The van der Waals surface area contributed by atoms with Gasteiger partial charge >= 0.3 is 18.0 Å². The summed E-state index contributed by atoms with van der Waals surface area (Å²) >= 11 is 0. The largest absolute Gasteiger partial charge is 0.491 e. The zero-order valence-electron chi connectivity index (χ0n) is 38.4. The first-order valence-electron chi connectivity index (χ1n) is 22.8. The summed E-state index contributed by atoms with van der Waals surface area (Å²) in [5, 5.41) is 36.5. The van der Waals surface area contributed by atoms with E-state index in [-0.39, 0.29) is 44.0 Å². The number of aliphatic hydroxyl groups excluding tert-OH is 3. The Morgan fingerprint density at radius 1 is 0.812 bits per heavy atom. The van der Waals surface area contributed by atoms with Crippen LogP contribution in [-0.2, 0) is 34.1 Å². The van der Waals surface area contributed by atoms with Gasteiger partial charge < -0.3 is 40.2 Å². The number of nitrogens with one attached hydrogen (secondary N) is 2. The zero-order chi connectivity index (χ0) is 48.8. The number of fused-ring (bicyclic) bond motifs is 3. The fraction of sp³-hybridized carbons (Fsp3) is 0.315. The Hall–Kier alpha value is -7.35. The quantitative estimate of drug-likeness (QED) is 0.0720. The van der Waals surface area contributed by atoms with Gasteiger partial charge in [-0.15, -0.1) is 0 Å². The molecule has 8 atom stereocenters. The smallest absolute Gasteiger partial charge is 0.329 e. The molecule has 3 aliphatic rings. The van der Waals surface area contributed by atoms with Crippen LogP contribution < -0.4 is 20.3 Å². The molecular formula is C54H54N4O11. The first-order chi connectivity index (χ1) is 33.5. The summed E-state index contributed by atoms with van der Waals surface area (Å²) in [6.45, 7) is 2.50. The maximum Gasteiger partial charge on any atom is 0.329 e. The summed E-state index contributed by atoms with van der Waals surface area (Å²) in [6.07, 6.45) is -2.07. The lowest BCUT2D eigenvalue weighted by molar-refractivity contribution is -0.178. The molecule has 1 spiro atoms. The van der Waals surface area contributed by atoms with Gasteiger partial charge in [0.05, 0.1) is 50.1 Å². The van der Waals surface area contributed by atoms with Gasteiger partial charge in [0.2, 0.25) is 11.8 Å². The second kappa shape index (κ2) is 20.9. The molecule has 8 unspecified atom stereocenters. The Morgan fingerprint density at radius 3 is 2.13 bits per heavy atom. The average Bonchev–Trinajstić information content (AvgIpc) is 3.83. The standard InChI is InChI=1S/C54H54N4O11/c1-33(2)44(50(63)67-3)56-53(66)57-41-26-25-34(16-13-14-27-59)30-40(41)54(52(57)65)43(49(62)55-32-42(61)35-17-7-4-8-18-35)46-51(64)69-47(37-21-11-6-12-22-37)45(36-19-9-5-10-20-36)58(46)48(54)38-23-15-24-39(31-38)68-29-28-60/h4-12,15,17-26,30-31,33,42-48,59-61H,14,27-29,32H2,1-3H3,(H,55,62)(H,56,66). The van der Waals surface area contributed by atoms with Crippen molar-refractivity contribution in [3.63, 3.8) is 0 Å². The van der Waals surface area contributed by atoms with Crippen molar-refractivity contribution >= 4 is 35.5 Å². The van der Waals surface area contributed by atoms with Gasteiger partial charge in [-0.3, -0.25) is 19.3 Å². The second-order valence-corrected chi connectivity index (χ2v) is 17.4. The minimum Gasteiger partial charge on any atom is -0.491 e. The average molecular weight is 935 g/mol. The third-order valence-electron chi connectivity index (χ3n) is 13.0. The molecule has 5 aromatic carbocycles. The Labute approximate surface area is 400 Å². The van der Waals surface area contributed by atoms with Gasteiger partial charge in [0.25, 0.3) is 0 Å². The summed E-state index contributed by atoms with van der Waals surface area (Å²) in [4.78, 5) is 78.6. The molecule has 0 aliphatic carbocycles. The van der Waals surface area contributed by atoms with Crippen molar-refractivity contribution in [2.75, 3.05) is 38.4 Å². The molecule has 5 aromatic rings. The molecule has 69 heavy (non-hydrogen) atoms. The molecule has 2 saturated heterocycles. The highest BCUT2D eigenvalue weighted by Gasteiger charge is 2.75. The van der Waals surface area contributed by atoms with Crippen molar-refractivity contribution in [1.29, 1.82) is 0 Å². The Kier molecular flexibility index (Phi) is 14.6. The number of esters is 2. The lowest BCUT2D eigenvalue weighted by atomic mass is 9.65. The molecule has 3 heterocycles. The number of benzene rings is 5. The minimum atomic E-state index is -2.19. The first-order valence-corrected chi connectivity index (χ1v) is 22.8. The molecule has 0 bridgehead atoms. The highest BCUT2D eigenvalue weighted by molar-refractivity contribution is 6.25. The Balaban J connectivity index is 1.45. The summed E-state index contributed by atoms with van der Waals surface area (Å²) in [5.74, 6) is 0.840. The van der Waals surface area contributed by atoms with Gasteiger partial charge in [-0.2, -0.15) is 0 Å². The fourth-order valence-corrected chi connectivity index (χ4v) is 10.1. The van der Waals surface area contributed by atoms with Crippen molar-refractivity contribution in [3.8, 4) is 17.6 Å². The van der Waals surface area contributed by atoms with Gasteiger partial charge in [0, 0.05) is 18.5 Å². The highest BCUT2D eigenvalue weighted by atomic mass is 16.6. The normalized spacial score (nSPS) is 22.4. The van der Waals surface area contributed by atoms with Crippen LogP contribution in [0, 0.1) is 23.7 Å². The van der Waals surface area contributed by atoms with Crippen molar-refractivity contribution in [1.82, 2.24) is 15.5 Å². The van der Waals surface area contributed by atoms with Crippen LogP contribution in [0.1, 0.15) is 77.9 Å². The minimum absolute atomic E-state index is 0.0569. The number of morpholine rings is 1. The number of amides is 4. The molecule has 15 nitrogen and oxygen atoms in total. The molecule has 0 radical (unpaired) electrons. The van der Waals surface area contributed by atoms with Crippen molar-refractivity contribution in [2.24, 2.45) is 11.8 Å². The number of methoxy groups -OCH3 is 1. The van der Waals surface area contributed by atoms with Crippen LogP contribution in [0.4, 0.5) is 10.5 Å². The van der Waals surface area contributed by atoms with E-state index in [1.54, 1.807) is 80.6 Å². The number of carbonyl (C=O) groups is 5. The van der Waals surface area contributed by atoms with Crippen molar-refractivity contribution in [3.05, 3.63) is 167 Å². The van der Waals surface area contributed by atoms with Crippen molar-refractivity contribution < 1.29 is 53.5 Å².